The van der Waals surface area contributed by atoms with E-state index in [0.29, 0.717) is 37.5 Å². The van der Waals surface area contributed by atoms with Gasteiger partial charge in [-0.1, -0.05) is 35.5 Å². The van der Waals surface area contributed by atoms with Gasteiger partial charge in [0.2, 0.25) is 0 Å². The molecule has 6 heteroatoms. The number of hydrogen-bond acceptors (Lipinski definition) is 6. The van der Waals surface area contributed by atoms with Crippen LogP contribution >= 0.6 is 0 Å². The summed E-state index contributed by atoms with van der Waals surface area (Å²) in [5, 5.41) is 12.2. The van der Waals surface area contributed by atoms with Gasteiger partial charge in [-0.05, 0) is 31.9 Å². The van der Waals surface area contributed by atoms with E-state index in [2.05, 4.69) is 15.4 Å². The SMILES string of the molecule is CCOC(=O)CCCCO/N=C(\c1ccccc1)c1cccnn1. The highest BCUT2D eigenvalue weighted by molar-refractivity contribution is 6.11. The molecule has 0 saturated carbocycles. The topological polar surface area (TPSA) is 73.7 Å². The minimum atomic E-state index is -0.175. The number of carbonyl (C=O) groups excluding carboxylic acids is 1. The first-order valence-corrected chi connectivity index (χ1v) is 8.00. The number of ether oxygens (including phenoxy) is 1. The summed E-state index contributed by atoms with van der Waals surface area (Å²) in [5.74, 6) is -0.175. The second-order valence-corrected chi connectivity index (χ2v) is 5.01. The standard InChI is InChI=1S/C18H21N3O3/c1-2-23-17(22)12-6-7-14-24-21-18(15-9-4-3-5-10-15)16-11-8-13-19-20-16/h3-5,8-11,13H,2,6-7,12,14H2,1H3/b21-18+. The minimum absolute atomic E-state index is 0.175. The van der Waals surface area contributed by atoms with Crippen molar-refractivity contribution in [3.8, 4) is 0 Å². The maximum Gasteiger partial charge on any atom is 0.305 e. The summed E-state index contributed by atoms with van der Waals surface area (Å²) in [6.07, 6.45) is 3.45. The molecule has 1 aromatic heterocycles. The molecule has 0 spiro atoms. The fourth-order valence-electron chi connectivity index (χ4n) is 2.05. The number of nitrogens with zero attached hydrogens (tertiary/aromatic N) is 3. The van der Waals surface area contributed by atoms with Crippen molar-refractivity contribution in [1.29, 1.82) is 0 Å². The third-order valence-corrected chi connectivity index (χ3v) is 3.19. The Morgan fingerprint density at radius 1 is 1.12 bits per heavy atom. The Kier molecular flexibility index (Phi) is 7.40. The molecular formula is C18H21N3O3. The predicted octanol–water partition coefficient (Wildman–Crippen LogP) is 2.98. The van der Waals surface area contributed by atoms with Gasteiger partial charge in [-0.2, -0.15) is 5.10 Å². The van der Waals surface area contributed by atoms with Crippen LogP contribution in [0.5, 0.6) is 0 Å². The molecule has 1 heterocycles. The van der Waals surface area contributed by atoms with Crippen LogP contribution in [0.2, 0.25) is 0 Å². The average Bonchev–Trinajstić information content (AvgIpc) is 2.63. The summed E-state index contributed by atoms with van der Waals surface area (Å²) >= 11 is 0. The largest absolute Gasteiger partial charge is 0.466 e. The lowest BCUT2D eigenvalue weighted by atomic mass is 10.1. The molecule has 0 radical (unpaired) electrons. The molecule has 0 saturated heterocycles. The van der Waals surface area contributed by atoms with Gasteiger partial charge in [0.25, 0.3) is 0 Å². The van der Waals surface area contributed by atoms with Crippen LogP contribution in [-0.2, 0) is 14.4 Å². The van der Waals surface area contributed by atoms with Crippen molar-refractivity contribution in [3.63, 3.8) is 0 Å². The smallest absolute Gasteiger partial charge is 0.305 e. The fourth-order valence-corrected chi connectivity index (χ4v) is 2.05. The van der Waals surface area contributed by atoms with Crippen LogP contribution in [-0.4, -0.2) is 35.1 Å². The first kappa shape index (κ1) is 17.6. The van der Waals surface area contributed by atoms with Crippen molar-refractivity contribution >= 4 is 11.7 Å². The van der Waals surface area contributed by atoms with Gasteiger partial charge >= 0.3 is 5.97 Å². The molecule has 0 N–H and O–H groups in total. The number of aromatic nitrogens is 2. The average molecular weight is 327 g/mol. The van der Waals surface area contributed by atoms with Crippen LogP contribution in [0.25, 0.3) is 0 Å². The fraction of sp³-hybridized carbons (Fsp3) is 0.333. The van der Waals surface area contributed by atoms with E-state index < -0.39 is 0 Å². The molecule has 126 valence electrons. The van der Waals surface area contributed by atoms with Gasteiger partial charge in [0.1, 0.15) is 18.0 Å². The Hall–Kier alpha value is -2.76. The maximum absolute atomic E-state index is 11.2. The summed E-state index contributed by atoms with van der Waals surface area (Å²) in [6, 6.07) is 13.3. The Labute approximate surface area is 141 Å². The zero-order valence-corrected chi connectivity index (χ0v) is 13.7. The number of rotatable bonds is 9. The summed E-state index contributed by atoms with van der Waals surface area (Å²) < 4.78 is 4.88. The van der Waals surface area contributed by atoms with Crippen LogP contribution in [0.15, 0.2) is 53.8 Å². The number of carbonyl (C=O) groups is 1. The molecule has 2 rings (SSSR count). The van der Waals surface area contributed by atoms with E-state index in [1.807, 2.05) is 36.4 Å². The van der Waals surface area contributed by atoms with Gasteiger partial charge in [0.05, 0.1) is 6.61 Å². The summed E-state index contributed by atoms with van der Waals surface area (Å²) in [7, 11) is 0. The van der Waals surface area contributed by atoms with E-state index in [1.165, 1.54) is 0 Å². The highest BCUT2D eigenvalue weighted by Crippen LogP contribution is 2.09. The molecule has 24 heavy (non-hydrogen) atoms. The van der Waals surface area contributed by atoms with Crippen LogP contribution in [0, 0.1) is 0 Å². The molecule has 1 aromatic carbocycles. The lowest BCUT2D eigenvalue weighted by Gasteiger charge is -2.06. The van der Waals surface area contributed by atoms with E-state index in [-0.39, 0.29) is 5.97 Å². The second kappa shape index (κ2) is 10.1. The van der Waals surface area contributed by atoms with E-state index in [0.717, 1.165) is 12.0 Å². The third-order valence-electron chi connectivity index (χ3n) is 3.19. The molecule has 2 aromatic rings. The van der Waals surface area contributed by atoms with Crippen LogP contribution in [0.1, 0.15) is 37.4 Å². The lowest BCUT2D eigenvalue weighted by molar-refractivity contribution is -0.143. The normalized spacial score (nSPS) is 11.1. The summed E-state index contributed by atoms with van der Waals surface area (Å²) in [4.78, 5) is 16.7. The highest BCUT2D eigenvalue weighted by atomic mass is 16.6. The van der Waals surface area contributed by atoms with Gasteiger partial charge in [0, 0.05) is 18.2 Å². The highest BCUT2D eigenvalue weighted by Gasteiger charge is 2.09. The third kappa shape index (κ3) is 5.79. The van der Waals surface area contributed by atoms with Crippen molar-refractivity contribution in [3.05, 3.63) is 59.9 Å². The van der Waals surface area contributed by atoms with Crippen LogP contribution in [0.4, 0.5) is 0 Å². The maximum atomic E-state index is 11.2. The van der Waals surface area contributed by atoms with Crippen molar-refractivity contribution in [1.82, 2.24) is 10.2 Å². The first-order valence-electron chi connectivity index (χ1n) is 8.00. The first-order chi connectivity index (χ1) is 11.8. The molecule has 0 aliphatic carbocycles. The number of unbranched alkanes of at least 4 members (excludes halogenated alkanes) is 1. The van der Waals surface area contributed by atoms with Crippen LogP contribution in [0.3, 0.4) is 0 Å². The van der Waals surface area contributed by atoms with Crippen molar-refractivity contribution in [2.24, 2.45) is 5.16 Å². The van der Waals surface area contributed by atoms with Crippen molar-refractivity contribution in [2.45, 2.75) is 26.2 Å². The molecule has 0 unspecified atom stereocenters. The zero-order valence-electron chi connectivity index (χ0n) is 13.7. The molecule has 0 atom stereocenters. The van der Waals surface area contributed by atoms with Gasteiger partial charge in [0.15, 0.2) is 0 Å². The number of esters is 1. The second-order valence-electron chi connectivity index (χ2n) is 5.01. The van der Waals surface area contributed by atoms with Crippen molar-refractivity contribution in [2.75, 3.05) is 13.2 Å². The van der Waals surface area contributed by atoms with Gasteiger partial charge in [-0.15, -0.1) is 5.10 Å². The van der Waals surface area contributed by atoms with E-state index in [1.54, 1.807) is 19.2 Å². The summed E-state index contributed by atoms with van der Waals surface area (Å²) in [6.45, 7) is 2.64. The number of hydrogen-bond donors (Lipinski definition) is 0. The monoisotopic (exact) mass is 327 g/mol. The Bertz CT molecular complexity index is 604. The van der Waals surface area contributed by atoms with Gasteiger partial charge < -0.3 is 9.57 Å². The molecular weight excluding hydrogens is 306 g/mol. The number of oxime groups is 1. The van der Waals surface area contributed by atoms with E-state index in [9.17, 15) is 4.79 Å². The molecule has 0 amide bonds. The molecule has 0 bridgehead atoms. The van der Waals surface area contributed by atoms with Crippen molar-refractivity contribution < 1.29 is 14.4 Å². The Balaban J connectivity index is 1.91. The van der Waals surface area contributed by atoms with Crippen LogP contribution < -0.4 is 0 Å². The number of benzene rings is 1. The quantitative estimate of drug-likeness (QED) is 0.306. The van der Waals surface area contributed by atoms with Gasteiger partial charge in [-0.25, -0.2) is 0 Å². The van der Waals surface area contributed by atoms with Gasteiger partial charge in [-0.3, -0.25) is 4.79 Å². The summed E-state index contributed by atoms with van der Waals surface area (Å²) in [5.41, 5.74) is 2.19. The van der Waals surface area contributed by atoms with E-state index >= 15 is 0 Å². The predicted molar refractivity (Wildman–Crippen MR) is 90.5 cm³/mol. The zero-order chi connectivity index (χ0) is 17.0. The molecule has 0 aliphatic heterocycles. The molecule has 6 nitrogen and oxygen atoms in total. The van der Waals surface area contributed by atoms with E-state index in [4.69, 9.17) is 9.57 Å². The lowest BCUT2D eigenvalue weighted by Crippen LogP contribution is -2.08. The Morgan fingerprint density at radius 3 is 2.67 bits per heavy atom. The molecule has 0 fully saturated rings. The Morgan fingerprint density at radius 2 is 1.96 bits per heavy atom. The minimum Gasteiger partial charge on any atom is -0.466 e. The molecule has 0 aliphatic rings.